The summed E-state index contributed by atoms with van der Waals surface area (Å²) in [5.41, 5.74) is -1.24. The van der Waals surface area contributed by atoms with Crippen molar-refractivity contribution >= 4 is 16.8 Å². The van der Waals surface area contributed by atoms with E-state index >= 15 is 18.0 Å². The maximum absolute atomic E-state index is 15.4. The first kappa shape index (κ1) is 30.1. The highest BCUT2D eigenvalue weighted by Gasteiger charge is 2.80. The van der Waals surface area contributed by atoms with E-state index < -0.39 is 52.0 Å². The van der Waals surface area contributed by atoms with Gasteiger partial charge in [0.1, 0.15) is 5.72 Å². The highest BCUT2D eigenvalue weighted by Crippen LogP contribution is 2.73. The van der Waals surface area contributed by atoms with E-state index in [4.69, 9.17) is 4.74 Å². The number of alkyl halides is 3. The van der Waals surface area contributed by atoms with E-state index in [0.29, 0.717) is 28.7 Å². The Morgan fingerprint density at radius 2 is 1.44 bits per heavy atom. The summed E-state index contributed by atoms with van der Waals surface area (Å²) in [5.74, 6) is -2.59. The van der Waals surface area contributed by atoms with E-state index in [2.05, 4.69) is 0 Å². The molecule has 1 saturated heterocycles. The summed E-state index contributed by atoms with van der Waals surface area (Å²) in [4.78, 5) is 16.6. The van der Waals surface area contributed by atoms with E-state index in [0.717, 1.165) is 23.6 Å². The quantitative estimate of drug-likeness (QED) is 0.271. The molecule has 0 saturated carbocycles. The van der Waals surface area contributed by atoms with E-state index in [1.54, 1.807) is 24.3 Å². The number of halogens is 3. The van der Waals surface area contributed by atoms with Crippen LogP contribution in [0.5, 0.6) is 0 Å². The predicted octanol–water partition coefficient (Wildman–Crippen LogP) is 6.73. The lowest BCUT2D eigenvalue weighted by atomic mass is 9.39. The second kappa shape index (κ2) is 9.46. The van der Waals surface area contributed by atoms with Crippen LogP contribution in [-0.2, 0) is 33.8 Å². The van der Waals surface area contributed by atoms with Crippen LogP contribution >= 0.6 is 0 Å². The van der Waals surface area contributed by atoms with Gasteiger partial charge in [-0.3, -0.25) is 4.79 Å². The maximum Gasteiger partial charge on any atom is 0.415 e. The summed E-state index contributed by atoms with van der Waals surface area (Å²) >= 11 is 0. The standard InChI is InChI=1S/C37H39F3N2O3/c1-33(2,3)36(44)30-29(31(43)42(36)20-19-22-21-41(5)28-18-12-7-13-23(22)28)35(32(45-6)37(38,39)40)26-16-10-8-14-24(26)34(30,4)25-15-9-11-17-27(25)35/h7-18,21,29-30,32,44H,19-20H2,1-6H3/t29-,30-,32+,34?,35?,36-/m1/s1. The summed E-state index contributed by atoms with van der Waals surface area (Å²) in [6.07, 6.45) is -4.67. The number of hydrogen-bond donors (Lipinski definition) is 1. The molecule has 0 spiro atoms. The number of aryl methyl sites for hydroxylation is 1. The van der Waals surface area contributed by atoms with Crippen molar-refractivity contribution in [2.45, 2.75) is 63.0 Å². The van der Waals surface area contributed by atoms with Crippen molar-refractivity contribution < 1.29 is 27.8 Å². The van der Waals surface area contributed by atoms with Crippen molar-refractivity contribution in [3.63, 3.8) is 0 Å². The highest BCUT2D eigenvalue weighted by atomic mass is 19.4. The lowest BCUT2D eigenvalue weighted by Gasteiger charge is -2.64. The van der Waals surface area contributed by atoms with Crippen LogP contribution in [0.15, 0.2) is 79.0 Å². The molecule has 5 nitrogen and oxygen atoms in total. The van der Waals surface area contributed by atoms with Gasteiger partial charge in [-0.05, 0) is 40.3 Å². The number of aromatic nitrogens is 1. The Labute approximate surface area is 261 Å². The maximum atomic E-state index is 15.4. The fraction of sp³-hybridized carbons (Fsp3) is 0.432. The summed E-state index contributed by atoms with van der Waals surface area (Å²) < 4.78 is 53.5. The Balaban J connectivity index is 1.51. The van der Waals surface area contributed by atoms with Gasteiger partial charge in [-0.25, -0.2) is 0 Å². The smallest absolute Gasteiger partial charge is 0.371 e. The minimum atomic E-state index is -4.80. The number of para-hydroxylation sites is 1. The minimum absolute atomic E-state index is 0.149. The van der Waals surface area contributed by atoms with Gasteiger partial charge in [-0.15, -0.1) is 0 Å². The summed E-state index contributed by atoms with van der Waals surface area (Å²) in [6.45, 7) is 7.78. The van der Waals surface area contributed by atoms with Gasteiger partial charge in [0, 0.05) is 54.5 Å². The number of hydrogen-bond acceptors (Lipinski definition) is 3. The number of benzene rings is 3. The Morgan fingerprint density at radius 1 is 0.911 bits per heavy atom. The molecule has 4 aliphatic rings. The summed E-state index contributed by atoms with van der Waals surface area (Å²) in [7, 11) is 3.04. The van der Waals surface area contributed by atoms with Gasteiger partial charge in [0.15, 0.2) is 6.10 Å². The molecule has 4 atom stereocenters. The first-order valence-electron chi connectivity index (χ1n) is 15.5. The molecule has 236 valence electrons. The number of likely N-dealkylation sites (tertiary alicyclic amines) is 1. The van der Waals surface area contributed by atoms with Crippen molar-refractivity contribution in [2.24, 2.45) is 24.3 Å². The lowest BCUT2D eigenvalue weighted by molar-refractivity contribution is -0.246. The van der Waals surface area contributed by atoms with Crippen LogP contribution in [0.25, 0.3) is 10.9 Å². The van der Waals surface area contributed by atoms with Crippen molar-refractivity contribution in [2.75, 3.05) is 13.7 Å². The van der Waals surface area contributed by atoms with Crippen molar-refractivity contribution in [3.8, 4) is 0 Å². The van der Waals surface area contributed by atoms with Crippen LogP contribution in [0.4, 0.5) is 13.2 Å². The molecule has 1 aromatic heterocycles. The minimum Gasteiger partial charge on any atom is -0.371 e. The molecule has 0 unspecified atom stereocenters. The molecule has 1 N–H and O–H groups in total. The number of methoxy groups -OCH3 is 1. The highest BCUT2D eigenvalue weighted by molar-refractivity contribution is 5.90. The molecule has 1 fully saturated rings. The van der Waals surface area contributed by atoms with Crippen LogP contribution < -0.4 is 0 Å². The van der Waals surface area contributed by atoms with Crippen molar-refractivity contribution in [1.29, 1.82) is 0 Å². The zero-order valence-corrected chi connectivity index (χ0v) is 26.4. The molecule has 8 rings (SSSR count). The topological polar surface area (TPSA) is 54.7 Å². The average molecular weight is 617 g/mol. The molecule has 4 aromatic rings. The third-order valence-corrected chi connectivity index (χ3v) is 11.3. The van der Waals surface area contributed by atoms with Crippen molar-refractivity contribution in [3.05, 3.63) is 107 Å². The summed E-state index contributed by atoms with van der Waals surface area (Å²) in [6, 6.07) is 22.3. The third kappa shape index (κ3) is 3.55. The normalized spacial score (nSPS) is 29.6. The van der Waals surface area contributed by atoms with Gasteiger partial charge in [0.05, 0.1) is 11.3 Å². The zero-order valence-electron chi connectivity index (χ0n) is 26.4. The molecular formula is C37H39F3N2O3. The fourth-order valence-electron chi connectivity index (χ4n) is 9.66. The van der Waals surface area contributed by atoms with Gasteiger partial charge in [-0.2, -0.15) is 13.2 Å². The van der Waals surface area contributed by atoms with Gasteiger partial charge >= 0.3 is 6.18 Å². The van der Waals surface area contributed by atoms with Gasteiger partial charge < -0.3 is 19.3 Å². The molecule has 2 heterocycles. The van der Waals surface area contributed by atoms with E-state index in [9.17, 15) is 5.11 Å². The van der Waals surface area contributed by atoms with Crippen LogP contribution in [0.1, 0.15) is 55.5 Å². The third-order valence-electron chi connectivity index (χ3n) is 11.3. The largest absolute Gasteiger partial charge is 0.415 e. The monoisotopic (exact) mass is 616 g/mol. The van der Waals surface area contributed by atoms with E-state index in [1.165, 1.54) is 4.90 Å². The molecule has 1 amide bonds. The molecular weight excluding hydrogens is 577 g/mol. The second-order valence-corrected chi connectivity index (χ2v) is 14.3. The van der Waals surface area contributed by atoms with E-state index in [1.807, 2.05) is 94.0 Å². The lowest BCUT2D eigenvalue weighted by Crippen LogP contribution is -2.70. The van der Waals surface area contributed by atoms with Crippen molar-refractivity contribution in [1.82, 2.24) is 9.47 Å². The Morgan fingerprint density at radius 3 is 1.98 bits per heavy atom. The Bertz CT molecular complexity index is 1790. The number of amides is 1. The fourth-order valence-corrected chi connectivity index (χ4v) is 9.66. The summed E-state index contributed by atoms with van der Waals surface area (Å²) in [5, 5.41) is 14.3. The number of ether oxygens (including phenoxy) is 1. The molecule has 0 radical (unpaired) electrons. The number of carbonyl (C=O) groups is 1. The Kier molecular flexibility index (Phi) is 6.32. The van der Waals surface area contributed by atoms with Gasteiger partial charge in [0.25, 0.3) is 0 Å². The zero-order chi connectivity index (χ0) is 32.3. The molecule has 45 heavy (non-hydrogen) atoms. The van der Waals surface area contributed by atoms with Crippen LogP contribution in [-0.4, -0.2) is 52.1 Å². The first-order chi connectivity index (χ1) is 21.2. The number of aliphatic hydroxyl groups is 1. The van der Waals surface area contributed by atoms with Crippen LogP contribution in [0.3, 0.4) is 0 Å². The first-order valence-corrected chi connectivity index (χ1v) is 15.5. The molecule has 2 bridgehead atoms. The molecule has 3 aromatic carbocycles. The van der Waals surface area contributed by atoms with E-state index in [-0.39, 0.29) is 6.54 Å². The Hall–Kier alpha value is -3.62. The van der Waals surface area contributed by atoms with Gasteiger partial charge in [-0.1, -0.05) is 94.4 Å². The number of fused-ring (bicyclic) bond motifs is 1. The number of rotatable bonds is 5. The van der Waals surface area contributed by atoms with Crippen LogP contribution in [0.2, 0.25) is 0 Å². The van der Waals surface area contributed by atoms with Gasteiger partial charge in [0.2, 0.25) is 5.91 Å². The number of carbonyl (C=O) groups excluding carboxylic acids is 1. The van der Waals surface area contributed by atoms with Crippen LogP contribution in [0, 0.1) is 17.3 Å². The second-order valence-electron chi connectivity index (χ2n) is 14.3. The molecule has 8 heteroatoms. The molecule has 1 aliphatic heterocycles. The predicted molar refractivity (Wildman–Crippen MR) is 167 cm³/mol. The number of nitrogens with zero attached hydrogens (tertiary/aromatic N) is 2. The molecule has 3 aliphatic carbocycles. The SMILES string of the molecule is CO[C@H](C(F)(F)F)C12c3ccccc3C(C)(c3ccccc31)[C@H]1[C@@H]2C(=O)N(CCc2cn(C)c3ccccc23)[C@]1(O)C(C)(C)C. The average Bonchev–Trinajstić information content (AvgIpc) is 3.44.